The number of ether oxygens (including phenoxy) is 1. The highest BCUT2D eigenvalue weighted by atomic mass is 19.1. The summed E-state index contributed by atoms with van der Waals surface area (Å²) < 4.78 is 19.6. The van der Waals surface area contributed by atoms with Crippen molar-refractivity contribution >= 4 is 29.0 Å². The van der Waals surface area contributed by atoms with Gasteiger partial charge >= 0.3 is 5.97 Å². The number of nitrogens with zero attached hydrogens (tertiary/aromatic N) is 1. The van der Waals surface area contributed by atoms with Crippen molar-refractivity contribution in [2.24, 2.45) is 0 Å². The van der Waals surface area contributed by atoms with Crippen LogP contribution in [0.1, 0.15) is 34.8 Å². The van der Waals surface area contributed by atoms with E-state index >= 15 is 0 Å². The first-order valence-electron chi connectivity index (χ1n) is 13.9. The van der Waals surface area contributed by atoms with Crippen LogP contribution in [0, 0.1) is 5.82 Å². The molecule has 7 nitrogen and oxygen atoms in total. The van der Waals surface area contributed by atoms with Crippen molar-refractivity contribution in [2.75, 3.05) is 23.4 Å². The van der Waals surface area contributed by atoms with Crippen LogP contribution < -0.4 is 15.0 Å². The molecule has 4 aromatic carbocycles. The smallest absolute Gasteiger partial charge is 0.326 e. The largest absolute Gasteiger partial charge is 0.494 e. The molecule has 1 unspecified atom stereocenters. The summed E-state index contributed by atoms with van der Waals surface area (Å²) in [5.74, 6) is -1.38. The second kappa shape index (κ2) is 14.6. The number of aliphatic carboxylic acids is 1. The molecule has 2 N–H and O–H groups in total. The quantitative estimate of drug-likeness (QED) is 0.0999. The van der Waals surface area contributed by atoms with Crippen LogP contribution in [0.3, 0.4) is 0 Å². The molecule has 0 bridgehead atoms. The molecule has 0 aromatic heterocycles. The van der Waals surface area contributed by atoms with Gasteiger partial charge in [0.15, 0.2) is 5.78 Å². The number of anilines is 2. The second-order valence-corrected chi connectivity index (χ2v) is 10.0. The molecule has 8 heteroatoms. The van der Waals surface area contributed by atoms with Crippen molar-refractivity contribution in [1.82, 2.24) is 0 Å². The summed E-state index contributed by atoms with van der Waals surface area (Å²) in [6.07, 6.45) is 0.665. The maximum atomic E-state index is 13.7. The number of amides is 1. The third kappa shape index (κ3) is 8.39. The molecule has 0 saturated heterocycles. The third-order valence-corrected chi connectivity index (χ3v) is 6.72. The predicted molar refractivity (Wildman–Crippen MR) is 165 cm³/mol. The van der Waals surface area contributed by atoms with Crippen LogP contribution in [-0.2, 0) is 16.0 Å². The van der Waals surface area contributed by atoms with Gasteiger partial charge in [0.1, 0.15) is 17.6 Å². The fourth-order valence-corrected chi connectivity index (χ4v) is 4.53. The van der Waals surface area contributed by atoms with Gasteiger partial charge in [-0.3, -0.25) is 9.59 Å². The Hall–Kier alpha value is -5.24. The molecule has 0 saturated carbocycles. The lowest BCUT2D eigenvalue weighted by molar-refractivity contribution is -0.137. The molecule has 0 heterocycles. The minimum absolute atomic E-state index is 0.176. The Kier molecular flexibility index (Phi) is 10.4. The van der Waals surface area contributed by atoms with E-state index in [2.05, 4.69) is 11.9 Å². The Morgan fingerprint density at radius 1 is 0.930 bits per heavy atom. The zero-order valence-electron chi connectivity index (χ0n) is 23.8. The minimum Gasteiger partial charge on any atom is -0.494 e. The van der Waals surface area contributed by atoms with Gasteiger partial charge in [-0.1, -0.05) is 67.2 Å². The summed E-state index contributed by atoms with van der Waals surface area (Å²) in [7, 11) is 0. The van der Waals surface area contributed by atoms with Crippen LogP contribution in [0.5, 0.6) is 5.75 Å². The molecular formula is C35H33FN2O5. The molecule has 4 aromatic rings. The van der Waals surface area contributed by atoms with E-state index in [4.69, 9.17) is 4.74 Å². The number of benzene rings is 4. The van der Waals surface area contributed by atoms with E-state index in [1.165, 1.54) is 17.0 Å². The van der Waals surface area contributed by atoms with Crippen molar-refractivity contribution in [2.45, 2.75) is 25.8 Å². The van der Waals surface area contributed by atoms with Gasteiger partial charge in [0.25, 0.3) is 5.91 Å². The standard InChI is InChI=1S/C35H33FN2O5/c1-24(2)34(40)38(28-13-8-12-27(36)23-28)20-9-21-43-29-18-16-25(17-19-29)22-32(35(41)42)37-31-15-7-6-14-30(31)33(39)26-10-4-3-5-11-26/h3-8,10-19,23,32,37H,1,9,20-22H2,2H3,(H,41,42). The summed E-state index contributed by atoms with van der Waals surface area (Å²) in [5, 5.41) is 13.0. The molecular weight excluding hydrogens is 547 g/mol. The van der Waals surface area contributed by atoms with Gasteiger partial charge in [-0.25, -0.2) is 9.18 Å². The van der Waals surface area contributed by atoms with Gasteiger partial charge in [0.05, 0.1) is 6.61 Å². The van der Waals surface area contributed by atoms with E-state index in [9.17, 15) is 23.9 Å². The molecule has 1 amide bonds. The highest BCUT2D eigenvalue weighted by Gasteiger charge is 2.21. The number of carboxylic acid groups (broad SMARTS) is 1. The average molecular weight is 581 g/mol. The van der Waals surface area contributed by atoms with Crippen molar-refractivity contribution in [3.05, 3.63) is 138 Å². The van der Waals surface area contributed by atoms with Gasteiger partial charge in [-0.2, -0.15) is 0 Å². The molecule has 0 radical (unpaired) electrons. The normalized spacial score (nSPS) is 11.3. The fourth-order valence-electron chi connectivity index (χ4n) is 4.53. The van der Waals surface area contributed by atoms with Crippen molar-refractivity contribution in [3.63, 3.8) is 0 Å². The number of carbonyl (C=O) groups excluding carboxylic acids is 2. The Labute approximate surface area is 250 Å². The Bertz CT molecular complexity index is 1590. The van der Waals surface area contributed by atoms with Crippen molar-refractivity contribution < 1.29 is 28.6 Å². The first-order valence-corrected chi connectivity index (χ1v) is 13.9. The van der Waals surface area contributed by atoms with Gasteiger partial charge in [-0.05, 0) is 61.4 Å². The highest BCUT2D eigenvalue weighted by molar-refractivity contribution is 6.12. The summed E-state index contributed by atoms with van der Waals surface area (Å²) in [5.41, 5.74) is 2.92. The Balaban J connectivity index is 1.35. The van der Waals surface area contributed by atoms with Crippen LogP contribution in [0.2, 0.25) is 0 Å². The summed E-state index contributed by atoms with van der Waals surface area (Å²) in [6, 6.07) is 27.7. The van der Waals surface area contributed by atoms with E-state index in [0.29, 0.717) is 53.4 Å². The van der Waals surface area contributed by atoms with Crippen LogP contribution in [0.15, 0.2) is 115 Å². The molecule has 220 valence electrons. The monoisotopic (exact) mass is 580 g/mol. The molecule has 0 aliphatic rings. The van der Waals surface area contributed by atoms with E-state index in [0.717, 1.165) is 5.56 Å². The van der Waals surface area contributed by atoms with Crippen molar-refractivity contribution in [1.29, 1.82) is 0 Å². The van der Waals surface area contributed by atoms with Gasteiger partial charge in [-0.15, -0.1) is 0 Å². The predicted octanol–water partition coefficient (Wildman–Crippen LogP) is 6.54. The number of ketones is 1. The first-order chi connectivity index (χ1) is 20.7. The second-order valence-electron chi connectivity index (χ2n) is 10.0. The number of rotatable bonds is 14. The lowest BCUT2D eigenvalue weighted by atomic mass is 10.00. The maximum absolute atomic E-state index is 13.7. The topological polar surface area (TPSA) is 95.9 Å². The maximum Gasteiger partial charge on any atom is 0.326 e. The fraction of sp³-hybridized carbons (Fsp3) is 0.171. The number of hydrogen-bond acceptors (Lipinski definition) is 5. The van der Waals surface area contributed by atoms with E-state index in [-0.39, 0.29) is 18.1 Å². The number of halogens is 1. The third-order valence-electron chi connectivity index (χ3n) is 6.72. The van der Waals surface area contributed by atoms with Gasteiger partial charge < -0.3 is 20.1 Å². The lowest BCUT2D eigenvalue weighted by Crippen LogP contribution is -2.33. The van der Waals surface area contributed by atoms with Crippen molar-refractivity contribution in [3.8, 4) is 5.75 Å². The minimum atomic E-state index is -1.05. The highest BCUT2D eigenvalue weighted by Crippen LogP contribution is 2.22. The van der Waals surface area contributed by atoms with Crippen LogP contribution in [0.25, 0.3) is 0 Å². The van der Waals surface area contributed by atoms with E-state index in [1.54, 1.807) is 91.9 Å². The number of nitrogens with one attached hydrogen (secondary N) is 1. The Morgan fingerprint density at radius 2 is 1.63 bits per heavy atom. The number of hydrogen-bond donors (Lipinski definition) is 2. The van der Waals surface area contributed by atoms with Gasteiger partial charge in [0, 0.05) is 41.0 Å². The molecule has 43 heavy (non-hydrogen) atoms. The molecule has 0 spiro atoms. The zero-order valence-corrected chi connectivity index (χ0v) is 23.8. The SMILES string of the molecule is C=C(C)C(=O)N(CCCOc1ccc(CC(Nc2ccccc2C(=O)c2ccccc2)C(=O)O)cc1)c1cccc(F)c1. The number of carbonyl (C=O) groups is 3. The van der Waals surface area contributed by atoms with Crippen LogP contribution in [0.4, 0.5) is 15.8 Å². The molecule has 4 rings (SSSR count). The van der Waals surface area contributed by atoms with Crippen LogP contribution in [-0.4, -0.2) is 42.0 Å². The lowest BCUT2D eigenvalue weighted by Gasteiger charge is -2.23. The van der Waals surface area contributed by atoms with Crippen LogP contribution >= 0.6 is 0 Å². The number of para-hydroxylation sites is 1. The first kappa shape index (κ1) is 30.7. The molecule has 1 atom stereocenters. The molecule has 0 aliphatic heterocycles. The summed E-state index contributed by atoms with van der Waals surface area (Å²) >= 11 is 0. The van der Waals surface area contributed by atoms with E-state index < -0.39 is 17.8 Å². The Morgan fingerprint density at radius 3 is 2.30 bits per heavy atom. The van der Waals surface area contributed by atoms with Gasteiger partial charge in [0.2, 0.25) is 0 Å². The molecule has 0 fully saturated rings. The average Bonchev–Trinajstić information content (AvgIpc) is 3.01. The van der Waals surface area contributed by atoms with E-state index in [1.807, 2.05) is 6.07 Å². The zero-order chi connectivity index (χ0) is 30.8. The summed E-state index contributed by atoms with van der Waals surface area (Å²) in [4.78, 5) is 39.3. The molecule has 0 aliphatic carbocycles. The summed E-state index contributed by atoms with van der Waals surface area (Å²) in [6.45, 7) is 5.94. The number of carboxylic acids is 1.